The van der Waals surface area contributed by atoms with E-state index < -0.39 is 12.5 Å². The van der Waals surface area contributed by atoms with E-state index in [1.807, 2.05) is 6.92 Å². The molecule has 0 saturated heterocycles. The largest absolute Gasteiger partial charge is 0.434 e. The fourth-order valence-corrected chi connectivity index (χ4v) is 2.53. The number of alkyl halides is 2. The second kappa shape index (κ2) is 7.08. The standard InChI is InChI=1S/C15H16BrF2N3O2/c1-8(12-7-19-21(3)9(12)2)20-14(22)11-6-10(16)4-5-13(11)23-15(17)18/h4-8,15H,1-3H3,(H,20,22). The molecule has 0 aliphatic heterocycles. The van der Waals surface area contributed by atoms with E-state index in [2.05, 4.69) is 31.1 Å². The van der Waals surface area contributed by atoms with Gasteiger partial charge < -0.3 is 10.1 Å². The Bertz CT molecular complexity index is 719. The van der Waals surface area contributed by atoms with Crippen molar-refractivity contribution in [1.29, 1.82) is 0 Å². The Hall–Kier alpha value is -1.96. The number of rotatable bonds is 5. The van der Waals surface area contributed by atoms with Crippen LogP contribution in [-0.4, -0.2) is 22.3 Å². The van der Waals surface area contributed by atoms with E-state index in [0.717, 1.165) is 11.3 Å². The molecule has 1 aromatic heterocycles. The number of hydrogen-bond acceptors (Lipinski definition) is 3. The summed E-state index contributed by atoms with van der Waals surface area (Å²) in [6.45, 7) is 0.684. The van der Waals surface area contributed by atoms with Crippen molar-refractivity contribution in [2.45, 2.75) is 26.5 Å². The summed E-state index contributed by atoms with van der Waals surface area (Å²) in [7, 11) is 1.80. The Kier molecular flexibility index (Phi) is 5.35. The second-order valence-corrected chi connectivity index (χ2v) is 5.94. The van der Waals surface area contributed by atoms with E-state index in [1.165, 1.54) is 18.2 Å². The maximum absolute atomic E-state index is 12.5. The maximum atomic E-state index is 12.5. The SMILES string of the molecule is Cc1c(C(C)NC(=O)c2cc(Br)ccc2OC(F)F)cnn1C. The molecule has 2 rings (SSSR count). The van der Waals surface area contributed by atoms with Crippen LogP contribution in [-0.2, 0) is 7.05 Å². The number of amides is 1. The third-order valence-electron chi connectivity index (χ3n) is 3.49. The first-order chi connectivity index (χ1) is 10.8. The molecule has 1 unspecified atom stereocenters. The summed E-state index contributed by atoms with van der Waals surface area (Å²) in [5.41, 5.74) is 1.80. The van der Waals surface area contributed by atoms with E-state index in [-0.39, 0.29) is 17.4 Å². The van der Waals surface area contributed by atoms with Crippen LogP contribution in [0.1, 0.15) is 34.6 Å². The molecule has 1 atom stereocenters. The van der Waals surface area contributed by atoms with Gasteiger partial charge in [0, 0.05) is 22.8 Å². The summed E-state index contributed by atoms with van der Waals surface area (Å²) >= 11 is 3.22. The van der Waals surface area contributed by atoms with Gasteiger partial charge in [-0.1, -0.05) is 15.9 Å². The van der Waals surface area contributed by atoms with Crippen molar-refractivity contribution in [1.82, 2.24) is 15.1 Å². The molecule has 0 aliphatic carbocycles. The minimum Gasteiger partial charge on any atom is -0.434 e. The average Bonchev–Trinajstić information content (AvgIpc) is 2.80. The topological polar surface area (TPSA) is 56.1 Å². The highest BCUT2D eigenvalue weighted by Crippen LogP contribution is 2.26. The zero-order valence-electron chi connectivity index (χ0n) is 12.8. The van der Waals surface area contributed by atoms with Crippen LogP contribution in [0.3, 0.4) is 0 Å². The molecule has 23 heavy (non-hydrogen) atoms. The molecule has 1 heterocycles. The van der Waals surface area contributed by atoms with Crippen LogP contribution in [0.25, 0.3) is 0 Å². The van der Waals surface area contributed by atoms with Crippen LogP contribution in [0, 0.1) is 6.92 Å². The van der Waals surface area contributed by atoms with Gasteiger partial charge in [0.2, 0.25) is 0 Å². The number of carbonyl (C=O) groups excluding carboxylic acids is 1. The molecule has 0 spiro atoms. The van der Waals surface area contributed by atoms with Gasteiger partial charge in [0.05, 0.1) is 17.8 Å². The molecule has 0 fully saturated rings. The third-order valence-corrected chi connectivity index (χ3v) is 3.98. The second-order valence-electron chi connectivity index (χ2n) is 5.02. The van der Waals surface area contributed by atoms with Gasteiger partial charge in [0.15, 0.2) is 0 Å². The molecule has 1 N–H and O–H groups in total. The molecule has 5 nitrogen and oxygen atoms in total. The summed E-state index contributed by atoms with van der Waals surface area (Å²) in [6, 6.07) is 3.97. The number of ether oxygens (including phenoxy) is 1. The van der Waals surface area contributed by atoms with Gasteiger partial charge >= 0.3 is 6.61 Å². The number of benzene rings is 1. The average molecular weight is 388 g/mol. The molecule has 1 amide bonds. The van der Waals surface area contributed by atoms with Crippen molar-refractivity contribution in [2.24, 2.45) is 7.05 Å². The maximum Gasteiger partial charge on any atom is 0.387 e. The number of aromatic nitrogens is 2. The molecular formula is C15H16BrF2N3O2. The van der Waals surface area contributed by atoms with Gasteiger partial charge in [0.25, 0.3) is 5.91 Å². The molecule has 0 bridgehead atoms. The van der Waals surface area contributed by atoms with Crippen molar-refractivity contribution < 1.29 is 18.3 Å². The number of halogens is 3. The predicted molar refractivity (Wildman–Crippen MR) is 84.6 cm³/mol. The van der Waals surface area contributed by atoms with Crippen LogP contribution >= 0.6 is 15.9 Å². The van der Waals surface area contributed by atoms with Gasteiger partial charge in [0.1, 0.15) is 5.75 Å². The van der Waals surface area contributed by atoms with Crippen molar-refractivity contribution in [3.63, 3.8) is 0 Å². The summed E-state index contributed by atoms with van der Waals surface area (Å²) in [5, 5.41) is 6.89. The molecule has 0 saturated carbocycles. The zero-order valence-corrected chi connectivity index (χ0v) is 14.4. The molecular weight excluding hydrogens is 372 g/mol. The lowest BCUT2D eigenvalue weighted by molar-refractivity contribution is -0.0501. The van der Waals surface area contributed by atoms with Crippen molar-refractivity contribution >= 4 is 21.8 Å². The Morgan fingerprint density at radius 2 is 2.13 bits per heavy atom. The van der Waals surface area contributed by atoms with E-state index >= 15 is 0 Å². The van der Waals surface area contributed by atoms with Gasteiger partial charge in [-0.25, -0.2) is 0 Å². The zero-order chi connectivity index (χ0) is 17.1. The number of hydrogen-bond donors (Lipinski definition) is 1. The van der Waals surface area contributed by atoms with Gasteiger partial charge in [-0.3, -0.25) is 9.48 Å². The van der Waals surface area contributed by atoms with Crippen molar-refractivity contribution in [2.75, 3.05) is 0 Å². The molecule has 2 aromatic rings. The highest BCUT2D eigenvalue weighted by Gasteiger charge is 2.20. The lowest BCUT2D eigenvalue weighted by atomic mass is 10.1. The van der Waals surface area contributed by atoms with Crippen LogP contribution < -0.4 is 10.1 Å². The molecule has 0 radical (unpaired) electrons. The number of nitrogens with zero attached hydrogens (tertiary/aromatic N) is 2. The fraction of sp³-hybridized carbons (Fsp3) is 0.333. The van der Waals surface area contributed by atoms with E-state index in [9.17, 15) is 13.6 Å². The Labute approximate surface area is 140 Å². The summed E-state index contributed by atoms with van der Waals surface area (Å²) in [4.78, 5) is 12.4. The monoisotopic (exact) mass is 387 g/mol. The minimum atomic E-state index is -3.00. The minimum absolute atomic E-state index is 0.0352. The van der Waals surface area contributed by atoms with Crippen LogP contribution in [0.15, 0.2) is 28.9 Å². The number of carbonyl (C=O) groups is 1. The first-order valence-corrected chi connectivity index (χ1v) is 7.62. The first-order valence-electron chi connectivity index (χ1n) is 6.83. The Morgan fingerprint density at radius 1 is 1.43 bits per heavy atom. The van der Waals surface area contributed by atoms with Crippen LogP contribution in [0.5, 0.6) is 5.75 Å². The van der Waals surface area contributed by atoms with E-state index in [1.54, 1.807) is 24.9 Å². The predicted octanol–water partition coefficient (Wildman–Crippen LogP) is 3.58. The normalized spacial score (nSPS) is 12.3. The fourth-order valence-electron chi connectivity index (χ4n) is 2.17. The Balaban J connectivity index is 2.23. The summed E-state index contributed by atoms with van der Waals surface area (Å²) in [5.74, 6) is -0.673. The van der Waals surface area contributed by atoms with Gasteiger partial charge in [-0.2, -0.15) is 13.9 Å². The molecule has 124 valence electrons. The smallest absolute Gasteiger partial charge is 0.387 e. The van der Waals surface area contributed by atoms with Crippen molar-refractivity contribution in [3.8, 4) is 5.75 Å². The first kappa shape index (κ1) is 17.4. The quantitative estimate of drug-likeness (QED) is 0.852. The number of aryl methyl sites for hydroxylation is 1. The highest BCUT2D eigenvalue weighted by molar-refractivity contribution is 9.10. The lowest BCUT2D eigenvalue weighted by Gasteiger charge is -2.16. The molecule has 0 aliphatic rings. The lowest BCUT2D eigenvalue weighted by Crippen LogP contribution is -2.27. The summed E-state index contributed by atoms with van der Waals surface area (Å²) < 4.78 is 31.6. The number of nitrogens with one attached hydrogen (secondary N) is 1. The van der Waals surface area contributed by atoms with Crippen LogP contribution in [0.4, 0.5) is 8.78 Å². The van der Waals surface area contributed by atoms with Gasteiger partial charge in [-0.15, -0.1) is 0 Å². The van der Waals surface area contributed by atoms with Crippen molar-refractivity contribution in [3.05, 3.63) is 45.7 Å². The van der Waals surface area contributed by atoms with E-state index in [4.69, 9.17) is 0 Å². The highest BCUT2D eigenvalue weighted by atomic mass is 79.9. The van der Waals surface area contributed by atoms with Gasteiger partial charge in [-0.05, 0) is 32.0 Å². The molecule has 8 heteroatoms. The van der Waals surface area contributed by atoms with Crippen LogP contribution in [0.2, 0.25) is 0 Å². The molecule has 1 aromatic carbocycles. The third kappa shape index (κ3) is 4.07. The van der Waals surface area contributed by atoms with E-state index in [0.29, 0.717) is 4.47 Å². The summed E-state index contributed by atoms with van der Waals surface area (Å²) in [6.07, 6.45) is 1.66. The Morgan fingerprint density at radius 3 is 2.70 bits per heavy atom.